The molecule has 1 saturated carbocycles. The maximum atomic E-state index is 12.9. The van der Waals surface area contributed by atoms with Crippen molar-refractivity contribution in [3.05, 3.63) is 77.1 Å². The van der Waals surface area contributed by atoms with Crippen molar-refractivity contribution in [3.8, 4) is 5.69 Å². The minimum absolute atomic E-state index is 0.328. The number of hydrogen-bond donors (Lipinski definition) is 1. The van der Waals surface area contributed by atoms with Crippen LogP contribution in [0, 0.1) is 13.8 Å². The number of carbonyl (C=O) groups is 2. The number of nitrogens with zero attached hydrogens (tertiary/aromatic N) is 2. The monoisotopic (exact) mass is 403 g/mol. The van der Waals surface area contributed by atoms with Crippen LogP contribution in [0.4, 0.5) is 5.69 Å². The van der Waals surface area contributed by atoms with Gasteiger partial charge in [0.1, 0.15) is 0 Å². The summed E-state index contributed by atoms with van der Waals surface area (Å²) in [5.74, 6) is -0.543. The molecule has 154 valence electrons. The lowest BCUT2D eigenvalue weighted by molar-refractivity contribution is -0.123. The molecule has 0 unspecified atom stereocenters. The Labute approximate surface area is 175 Å². The lowest BCUT2D eigenvalue weighted by atomic mass is 10.1. The molecule has 1 atom stereocenters. The zero-order valence-electron chi connectivity index (χ0n) is 17.4. The summed E-state index contributed by atoms with van der Waals surface area (Å²) in [6, 6.07) is 17.1. The zero-order chi connectivity index (χ0) is 21.3. The second-order valence-electron chi connectivity index (χ2n) is 7.83. The van der Waals surface area contributed by atoms with Gasteiger partial charge in [-0.05, 0) is 69.0 Å². The molecule has 2 aromatic carbocycles. The largest absolute Gasteiger partial charge is 0.448 e. The maximum absolute atomic E-state index is 12.9. The van der Waals surface area contributed by atoms with E-state index in [1.54, 1.807) is 17.7 Å². The average molecular weight is 403 g/mol. The van der Waals surface area contributed by atoms with Gasteiger partial charge in [0.15, 0.2) is 11.8 Å². The van der Waals surface area contributed by atoms with Crippen LogP contribution in [0.2, 0.25) is 0 Å². The third-order valence-corrected chi connectivity index (χ3v) is 5.24. The van der Waals surface area contributed by atoms with Gasteiger partial charge in [0.05, 0.1) is 11.4 Å². The van der Waals surface area contributed by atoms with Crippen LogP contribution < -0.4 is 5.32 Å². The van der Waals surface area contributed by atoms with E-state index in [1.165, 1.54) is 0 Å². The number of anilines is 1. The van der Waals surface area contributed by atoms with Crippen LogP contribution in [0.25, 0.3) is 5.69 Å². The summed E-state index contributed by atoms with van der Waals surface area (Å²) in [6.07, 6.45) is 1.21. The molecular formula is C24H25N3O3. The second kappa shape index (κ2) is 8.14. The maximum Gasteiger partial charge on any atom is 0.357 e. The standard InChI is InChI=1S/C24H25N3O3/c1-15-9-10-16(2)20(13-15)25-23(28)17(3)30-24(29)22-14-21(18-11-12-18)26-27(22)19-7-5-4-6-8-19/h4-10,13-14,17-18H,11-12H2,1-3H3,(H,25,28)/t17-/m1/s1. The summed E-state index contributed by atoms with van der Waals surface area (Å²) in [6.45, 7) is 5.45. The van der Waals surface area contributed by atoms with Crippen LogP contribution in [-0.2, 0) is 9.53 Å². The highest BCUT2D eigenvalue weighted by molar-refractivity contribution is 5.97. The van der Waals surface area contributed by atoms with Crippen LogP contribution in [0.15, 0.2) is 54.6 Å². The fourth-order valence-corrected chi connectivity index (χ4v) is 3.27. The summed E-state index contributed by atoms with van der Waals surface area (Å²) >= 11 is 0. The number of ether oxygens (including phenoxy) is 1. The van der Waals surface area contributed by atoms with Gasteiger partial charge in [-0.1, -0.05) is 30.3 Å². The number of aromatic nitrogens is 2. The molecule has 0 radical (unpaired) electrons. The van der Waals surface area contributed by atoms with Gasteiger partial charge in [0.2, 0.25) is 0 Å². The first kappa shape index (κ1) is 19.9. The summed E-state index contributed by atoms with van der Waals surface area (Å²) in [7, 11) is 0. The van der Waals surface area contributed by atoms with Crippen LogP contribution >= 0.6 is 0 Å². The van der Waals surface area contributed by atoms with Gasteiger partial charge in [0, 0.05) is 11.6 Å². The first-order valence-corrected chi connectivity index (χ1v) is 10.2. The number of amides is 1. The zero-order valence-corrected chi connectivity index (χ0v) is 17.4. The third-order valence-electron chi connectivity index (χ3n) is 5.24. The van der Waals surface area contributed by atoms with Crippen molar-refractivity contribution in [1.82, 2.24) is 9.78 Å². The molecule has 1 N–H and O–H groups in total. The molecular weight excluding hydrogens is 378 g/mol. The molecule has 6 nitrogen and oxygen atoms in total. The van der Waals surface area contributed by atoms with Gasteiger partial charge in [-0.15, -0.1) is 0 Å². The van der Waals surface area contributed by atoms with Gasteiger partial charge in [-0.2, -0.15) is 5.10 Å². The van der Waals surface area contributed by atoms with E-state index < -0.39 is 12.1 Å². The van der Waals surface area contributed by atoms with Crippen molar-refractivity contribution in [3.63, 3.8) is 0 Å². The minimum atomic E-state index is -0.944. The molecule has 6 heteroatoms. The summed E-state index contributed by atoms with van der Waals surface area (Å²) in [5, 5.41) is 7.47. The van der Waals surface area contributed by atoms with Crippen molar-refractivity contribution in [2.45, 2.75) is 45.6 Å². The Morgan fingerprint density at radius 1 is 1.10 bits per heavy atom. The van der Waals surface area contributed by atoms with Crippen molar-refractivity contribution in [1.29, 1.82) is 0 Å². The SMILES string of the molecule is Cc1ccc(C)c(NC(=O)[C@@H](C)OC(=O)c2cc(C3CC3)nn2-c2ccccc2)c1. The van der Waals surface area contributed by atoms with Crippen LogP contribution in [-0.4, -0.2) is 27.8 Å². The molecule has 30 heavy (non-hydrogen) atoms. The predicted molar refractivity (Wildman–Crippen MR) is 115 cm³/mol. The Morgan fingerprint density at radius 2 is 1.83 bits per heavy atom. The molecule has 4 rings (SSSR count). The molecule has 0 spiro atoms. The van der Waals surface area contributed by atoms with Crippen LogP contribution in [0.1, 0.15) is 53.0 Å². The molecule has 1 aliphatic carbocycles. The van der Waals surface area contributed by atoms with E-state index in [1.807, 2.05) is 62.4 Å². The van der Waals surface area contributed by atoms with E-state index in [2.05, 4.69) is 10.4 Å². The first-order valence-electron chi connectivity index (χ1n) is 10.2. The summed E-state index contributed by atoms with van der Waals surface area (Å²) < 4.78 is 7.11. The molecule has 1 fully saturated rings. The van der Waals surface area contributed by atoms with Crippen LogP contribution in [0.3, 0.4) is 0 Å². The van der Waals surface area contributed by atoms with E-state index >= 15 is 0 Å². The number of para-hydroxylation sites is 1. The lowest BCUT2D eigenvalue weighted by Gasteiger charge is -2.15. The van der Waals surface area contributed by atoms with Gasteiger partial charge in [-0.3, -0.25) is 4.79 Å². The van der Waals surface area contributed by atoms with Crippen LogP contribution in [0.5, 0.6) is 0 Å². The number of benzene rings is 2. The van der Waals surface area contributed by atoms with Crippen molar-refractivity contribution >= 4 is 17.6 Å². The number of nitrogens with one attached hydrogen (secondary N) is 1. The Bertz CT molecular complexity index is 1080. The molecule has 0 bridgehead atoms. The molecule has 0 aliphatic heterocycles. The van der Waals surface area contributed by atoms with E-state index in [4.69, 9.17) is 4.74 Å². The van der Waals surface area contributed by atoms with Crippen molar-refractivity contribution in [2.24, 2.45) is 0 Å². The van der Waals surface area contributed by atoms with Gasteiger partial charge in [0.25, 0.3) is 5.91 Å². The van der Waals surface area contributed by atoms with E-state index in [0.717, 1.165) is 35.3 Å². The average Bonchev–Trinajstić information content (AvgIpc) is 3.49. The topological polar surface area (TPSA) is 73.2 Å². The first-order chi connectivity index (χ1) is 14.4. The molecule has 3 aromatic rings. The smallest absolute Gasteiger partial charge is 0.357 e. The van der Waals surface area contributed by atoms with Crippen molar-refractivity contribution in [2.75, 3.05) is 5.32 Å². The van der Waals surface area contributed by atoms with Gasteiger partial charge >= 0.3 is 5.97 Å². The number of aryl methyl sites for hydroxylation is 2. The quantitative estimate of drug-likeness (QED) is 0.613. The molecule has 1 heterocycles. The highest BCUT2D eigenvalue weighted by atomic mass is 16.5. The number of hydrogen-bond acceptors (Lipinski definition) is 4. The van der Waals surface area contributed by atoms with Crippen molar-refractivity contribution < 1.29 is 14.3 Å². The normalized spacial score (nSPS) is 14.2. The summed E-state index contributed by atoms with van der Waals surface area (Å²) in [4.78, 5) is 25.5. The Kier molecular flexibility index (Phi) is 5.40. The highest BCUT2D eigenvalue weighted by Crippen LogP contribution is 2.39. The molecule has 1 aliphatic rings. The predicted octanol–water partition coefficient (Wildman–Crippen LogP) is 4.55. The van der Waals surface area contributed by atoms with Gasteiger partial charge in [-0.25, -0.2) is 9.48 Å². The number of rotatable bonds is 6. The van der Waals surface area contributed by atoms with Gasteiger partial charge < -0.3 is 10.1 Å². The Hall–Kier alpha value is -3.41. The van der Waals surface area contributed by atoms with E-state index in [0.29, 0.717) is 17.3 Å². The molecule has 0 saturated heterocycles. The molecule has 1 aromatic heterocycles. The number of carbonyl (C=O) groups excluding carboxylic acids is 2. The molecule has 1 amide bonds. The third kappa shape index (κ3) is 4.27. The fraction of sp³-hybridized carbons (Fsp3) is 0.292. The second-order valence-corrected chi connectivity index (χ2v) is 7.83. The Morgan fingerprint density at radius 3 is 2.53 bits per heavy atom. The Balaban J connectivity index is 1.52. The number of esters is 1. The van der Waals surface area contributed by atoms with E-state index in [-0.39, 0.29) is 5.91 Å². The highest BCUT2D eigenvalue weighted by Gasteiger charge is 2.30. The minimum Gasteiger partial charge on any atom is -0.448 e. The lowest BCUT2D eigenvalue weighted by Crippen LogP contribution is -2.30. The summed E-state index contributed by atoms with van der Waals surface area (Å²) in [5.41, 5.74) is 4.70. The fourth-order valence-electron chi connectivity index (χ4n) is 3.27. The van der Waals surface area contributed by atoms with E-state index in [9.17, 15) is 9.59 Å².